The molecule has 0 amide bonds. The highest BCUT2D eigenvalue weighted by molar-refractivity contribution is 6.20. The monoisotopic (exact) mass is 688 g/mol. The van der Waals surface area contributed by atoms with Gasteiger partial charge in [-0.15, -0.1) is 0 Å². The van der Waals surface area contributed by atoms with Gasteiger partial charge in [-0.3, -0.25) is 0 Å². The fraction of sp³-hybridized carbons (Fsp3) is 0. The Morgan fingerprint density at radius 1 is 0.315 bits per heavy atom. The Morgan fingerprint density at radius 3 is 1.54 bits per heavy atom. The molecular weight excluding hydrogens is 653 g/mol. The Morgan fingerprint density at radius 2 is 0.889 bits per heavy atom. The van der Waals surface area contributed by atoms with Crippen LogP contribution < -0.4 is 4.90 Å². The zero-order valence-electron chi connectivity index (χ0n) is 29.7. The third-order valence-electron chi connectivity index (χ3n) is 10.6. The molecule has 0 fully saturated rings. The van der Waals surface area contributed by atoms with E-state index in [2.05, 4.69) is 228 Å². The second kappa shape index (κ2) is 13.4. The van der Waals surface area contributed by atoms with E-state index in [9.17, 15) is 0 Å². The van der Waals surface area contributed by atoms with Crippen LogP contribution in [-0.4, -0.2) is 4.40 Å². The van der Waals surface area contributed by atoms with Gasteiger partial charge in [-0.05, 0) is 110 Å². The van der Waals surface area contributed by atoms with Gasteiger partial charge in [0.1, 0.15) is 0 Å². The number of aromatic nitrogens is 1. The fourth-order valence-electron chi connectivity index (χ4n) is 8.09. The minimum absolute atomic E-state index is 1.10. The van der Waals surface area contributed by atoms with Crippen LogP contribution in [0.25, 0.3) is 71.7 Å². The van der Waals surface area contributed by atoms with Crippen LogP contribution in [0.15, 0.2) is 219 Å². The van der Waals surface area contributed by atoms with E-state index in [0.29, 0.717) is 0 Å². The third-order valence-corrected chi connectivity index (χ3v) is 10.6. The summed E-state index contributed by atoms with van der Waals surface area (Å²) in [6, 6.07) is 76.6. The Hall–Kier alpha value is -7.16. The van der Waals surface area contributed by atoms with Crippen molar-refractivity contribution in [2.75, 3.05) is 4.90 Å². The molecule has 0 N–H and O–H groups in total. The minimum Gasteiger partial charge on any atom is -0.316 e. The highest BCUT2D eigenvalue weighted by Gasteiger charge is 2.19. The number of rotatable bonds is 7. The van der Waals surface area contributed by atoms with Crippen LogP contribution in [0.3, 0.4) is 0 Å². The summed E-state index contributed by atoms with van der Waals surface area (Å²) in [5.41, 5.74) is 15.4. The van der Waals surface area contributed by atoms with E-state index < -0.39 is 0 Å². The predicted octanol–water partition coefficient (Wildman–Crippen LogP) is 14.4. The Balaban J connectivity index is 1.12. The highest BCUT2D eigenvalue weighted by atomic mass is 15.1. The Labute approximate surface area is 315 Å². The van der Waals surface area contributed by atoms with Crippen LogP contribution in [0.5, 0.6) is 0 Å². The van der Waals surface area contributed by atoms with Crippen molar-refractivity contribution in [1.82, 2.24) is 4.40 Å². The van der Waals surface area contributed by atoms with Gasteiger partial charge >= 0.3 is 0 Å². The summed E-state index contributed by atoms with van der Waals surface area (Å²) in [4.78, 5) is 2.37. The van der Waals surface area contributed by atoms with Crippen molar-refractivity contribution in [3.05, 3.63) is 219 Å². The molecule has 0 saturated heterocycles. The lowest BCUT2D eigenvalue weighted by Gasteiger charge is -2.27. The molecule has 0 bridgehead atoms. The van der Waals surface area contributed by atoms with Gasteiger partial charge in [0.2, 0.25) is 0 Å². The first-order chi connectivity index (χ1) is 26.8. The Kier molecular flexibility index (Phi) is 7.85. The van der Waals surface area contributed by atoms with Crippen LogP contribution in [0.4, 0.5) is 17.1 Å². The summed E-state index contributed by atoms with van der Waals surface area (Å²) < 4.78 is 2.33. The van der Waals surface area contributed by atoms with Crippen LogP contribution in [-0.2, 0) is 0 Å². The molecule has 0 aliphatic carbocycles. The number of hydrogen-bond acceptors (Lipinski definition) is 1. The van der Waals surface area contributed by atoms with Gasteiger partial charge in [-0.1, -0.05) is 152 Å². The van der Waals surface area contributed by atoms with E-state index in [0.717, 1.165) is 17.1 Å². The lowest BCUT2D eigenvalue weighted by Crippen LogP contribution is -2.10. The summed E-state index contributed by atoms with van der Waals surface area (Å²) in [5.74, 6) is 0. The van der Waals surface area contributed by atoms with Crippen molar-refractivity contribution >= 4 is 44.3 Å². The van der Waals surface area contributed by atoms with Crippen LogP contribution >= 0.6 is 0 Å². The summed E-state index contributed by atoms with van der Waals surface area (Å²) in [6.07, 6.45) is 2.18. The molecule has 0 spiro atoms. The molecule has 0 unspecified atom stereocenters. The molecule has 8 aromatic carbocycles. The standard InChI is InChI=1S/C52H36N2/c1-5-16-37(17-6-1)41-34-42(38-18-7-2-8-19-38)36-45(35-41)54(43-22-11-4-12-23-43)44-29-27-39(28-30-44)46-24-15-25-48-47(46)31-32-50-52(48)51(40-20-9-3-10-21-40)49-26-13-14-33-53(49)50/h1-36H. The third kappa shape index (κ3) is 5.53. The maximum absolute atomic E-state index is 2.37. The van der Waals surface area contributed by atoms with Gasteiger partial charge in [0, 0.05) is 34.2 Å². The molecule has 0 saturated carbocycles. The predicted molar refractivity (Wildman–Crippen MR) is 229 cm³/mol. The zero-order chi connectivity index (χ0) is 35.8. The highest BCUT2D eigenvalue weighted by Crippen LogP contribution is 2.43. The number of pyridine rings is 1. The lowest BCUT2D eigenvalue weighted by atomic mass is 9.93. The molecule has 2 heterocycles. The van der Waals surface area contributed by atoms with Crippen molar-refractivity contribution in [2.24, 2.45) is 0 Å². The van der Waals surface area contributed by atoms with E-state index in [4.69, 9.17) is 0 Å². The molecule has 0 radical (unpaired) electrons. The second-order valence-corrected chi connectivity index (χ2v) is 13.8. The summed E-state index contributed by atoms with van der Waals surface area (Å²) >= 11 is 0. The van der Waals surface area contributed by atoms with E-state index in [1.165, 1.54) is 71.7 Å². The number of fused-ring (bicyclic) bond motifs is 5. The molecule has 54 heavy (non-hydrogen) atoms. The topological polar surface area (TPSA) is 7.65 Å². The largest absolute Gasteiger partial charge is 0.316 e. The molecule has 2 nitrogen and oxygen atoms in total. The molecular formula is C52H36N2. The van der Waals surface area contributed by atoms with E-state index in [-0.39, 0.29) is 0 Å². The van der Waals surface area contributed by atoms with Crippen molar-refractivity contribution in [3.63, 3.8) is 0 Å². The Bertz CT molecular complexity index is 2840. The summed E-state index contributed by atoms with van der Waals surface area (Å²) in [5, 5.41) is 3.79. The van der Waals surface area contributed by atoms with Crippen molar-refractivity contribution in [3.8, 4) is 44.5 Å². The van der Waals surface area contributed by atoms with Crippen molar-refractivity contribution in [2.45, 2.75) is 0 Å². The number of hydrogen-bond donors (Lipinski definition) is 0. The lowest BCUT2D eigenvalue weighted by molar-refractivity contribution is 1.26. The first kappa shape index (κ1) is 31.6. The first-order valence-electron chi connectivity index (χ1n) is 18.5. The summed E-state index contributed by atoms with van der Waals surface area (Å²) in [6.45, 7) is 0. The van der Waals surface area contributed by atoms with Gasteiger partial charge in [-0.25, -0.2) is 0 Å². The van der Waals surface area contributed by atoms with Gasteiger partial charge in [0.15, 0.2) is 0 Å². The molecule has 0 atom stereocenters. The quantitative estimate of drug-likeness (QED) is 0.162. The first-order valence-corrected chi connectivity index (χ1v) is 18.5. The number of nitrogens with zero attached hydrogens (tertiary/aromatic N) is 2. The SMILES string of the molecule is c1ccc(-c2cc(-c3ccccc3)cc(N(c3ccccc3)c3ccc(-c4cccc5c4ccc4c5c(-c5ccccc5)c5ccccn54)cc3)c2)cc1. The normalized spacial score (nSPS) is 11.3. The van der Waals surface area contributed by atoms with Gasteiger partial charge in [0.05, 0.1) is 11.0 Å². The van der Waals surface area contributed by atoms with Crippen molar-refractivity contribution < 1.29 is 0 Å². The molecule has 0 aliphatic rings. The number of benzene rings is 8. The van der Waals surface area contributed by atoms with Crippen molar-refractivity contribution in [1.29, 1.82) is 0 Å². The van der Waals surface area contributed by atoms with Gasteiger partial charge < -0.3 is 9.30 Å². The average molecular weight is 689 g/mol. The average Bonchev–Trinajstić information content (AvgIpc) is 3.60. The molecule has 10 aromatic rings. The van der Waals surface area contributed by atoms with Gasteiger partial charge in [0.25, 0.3) is 0 Å². The molecule has 10 rings (SSSR count). The number of para-hydroxylation sites is 1. The smallest absolute Gasteiger partial charge is 0.0541 e. The molecule has 0 aliphatic heterocycles. The second-order valence-electron chi connectivity index (χ2n) is 13.8. The van der Waals surface area contributed by atoms with Crippen LogP contribution in [0.2, 0.25) is 0 Å². The zero-order valence-corrected chi connectivity index (χ0v) is 29.7. The molecule has 2 aromatic heterocycles. The van der Waals surface area contributed by atoms with E-state index >= 15 is 0 Å². The van der Waals surface area contributed by atoms with Crippen LogP contribution in [0.1, 0.15) is 0 Å². The van der Waals surface area contributed by atoms with Crippen LogP contribution in [0, 0.1) is 0 Å². The number of anilines is 3. The fourth-order valence-corrected chi connectivity index (χ4v) is 8.09. The van der Waals surface area contributed by atoms with E-state index in [1.807, 2.05) is 0 Å². The van der Waals surface area contributed by atoms with Gasteiger partial charge in [-0.2, -0.15) is 0 Å². The maximum atomic E-state index is 2.37. The molecule has 254 valence electrons. The minimum atomic E-state index is 1.10. The maximum Gasteiger partial charge on any atom is 0.0541 e. The van der Waals surface area contributed by atoms with E-state index in [1.54, 1.807) is 0 Å². The molecule has 2 heteroatoms. The summed E-state index contributed by atoms with van der Waals surface area (Å²) in [7, 11) is 0.